The van der Waals surface area contributed by atoms with Crippen LogP contribution < -0.4 is 4.90 Å². The molecule has 1 heteroatoms. The highest BCUT2D eigenvalue weighted by Crippen LogP contribution is 2.60. The SMILES string of the molecule is CC1(C)c2ccccc2-c2cccc(-c3ccccc3N(c3ccc(-c4ccc(-c5ccccc5)cc4)c(-c4ccccc4)c3)c3ccc4c(c3)C3(CCc5ccccc53)c3ccccc3-4)c21. The molecule has 0 bridgehead atoms. The van der Waals surface area contributed by atoms with E-state index in [4.69, 9.17) is 0 Å². The molecule has 13 rings (SSSR count). The van der Waals surface area contributed by atoms with Crippen molar-refractivity contribution in [1.29, 1.82) is 0 Å². The lowest BCUT2D eigenvalue weighted by molar-refractivity contribution is 0.626. The predicted molar refractivity (Wildman–Crippen MR) is 281 cm³/mol. The van der Waals surface area contributed by atoms with Crippen LogP contribution >= 0.6 is 0 Å². The molecule has 318 valence electrons. The molecule has 10 aromatic rings. The molecule has 1 atom stereocenters. The van der Waals surface area contributed by atoms with Gasteiger partial charge in [-0.2, -0.15) is 0 Å². The molecule has 3 aliphatic rings. The van der Waals surface area contributed by atoms with Crippen LogP contribution in [0.15, 0.2) is 237 Å². The predicted octanol–water partition coefficient (Wildman–Crippen LogP) is 17.4. The third-order valence-corrected chi connectivity index (χ3v) is 15.3. The third kappa shape index (κ3) is 6.01. The number of benzene rings is 10. The molecule has 1 spiro atoms. The first-order valence-electron chi connectivity index (χ1n) is 23.8. The zero-order valence-corrected chi connectivity index (χ0v) is 37.9. The van der Waals surface area contributed by atoms with Crippen molar-refractivity contribution in [1.82, 2.24) is 0 Å². The van der Waals surface area contributed by atoms with E-state index in [0.717, 1.165) is 29.9 Å². The molecule has 1 nitrogen and oxygen atoms in total. The largest absolute Gasteiger partial charge is 0.310 e. The molecule has 0 saturated carbocycles. The number of anilines is 3. The molecule has 0 fully saturated rings. The van der Waals surface area contributed by atoms with Crippen LogP contribution in [0.4, 0.5) is 17.1 Å². The summed E-state index contributed by atoms with van der Waals surface area (Å²) in [4.78, 5) is 2.55. The zero-order chi connectivity index (χ0) is 44.7. The number of para-hydroxylation sites is 1. The van der Waals surface area contributed by atoms with Crippen LogP contribution in [-0.2, 0) is 17.3 Å². The number of nitrogens with zero attached hydrogens (tertiary/aromatic N) is 1. The van der Waals surface area contributed by atoms with Crippen molar-refractivity contribution >= 4 is 17.1 Å². The summed E-state index contributed by atoms with van der Waals surface area (Å²) >= 11 is 0. The van der Waals surface area contributed by atoms with E-state index in [9.17, 15) is 0 Å². The quantitative estimate of drug-likeness (QED) is 0.154. The summed E-state index contributed by atoms with van der Waals surface area (Å²) < 4.78 is 0. The van der Waals surface area contributed by atoms with E-state index in [1.54, 1.807) is 0 Å². The van der Waals surface area contributed by atoms with Crippen LogP contribution in [0.3, 0.4) is 0 Å². The fourth-order valence-corrected chi connectivity index (χ4v) is 12.3. The minimum atomic E-state index is -0.218. The van der Waals surface area contributed by atoms with Gasteiger partial charge in [0, 0.05) is 27.8 Å². The van der Waals surface area contributed by atoms with Crippen molar-refractivity contribution in [2.75, 3.05) is 4.90 Å². The van der Waals surface area contributed by atoms with E-state index in [1.807, 2.05) is 0 Å². The highest BCUT2D eigenvalue weighted by Gasteiger charge is 2.48. The van der Waals surface area contributed by atoms with Crippen LogP contribution in [0.2, 0.25) is 0 Å². The van der Waals surface area contributed by atoms with Gasteiger partial charge >= 0.3 is 0 Å². The van der Waals surface area contributed by atoms with Gasteiger partial charge in [0.15, 0.2) is 0 Å². The van der Waals surface area contributed by atoms with Crippen LogP contribution in [0.25, 0.3) is 66.8 Å². The van der Waals surface area contributed by atoms with Crippen molar-refractivity contribution in [2.45, 2.75) is 37.5 Å². The summed E-state index contributed by atoms with van der Waals surface area (Å²) in [5, 5.41) is 0. The molecule has 0 radical (unpaired) electrons. The standard InChI is InChI=1S/C66H49N/c1-65(2)60-29-14-10-24-53(60)56-26-17-27-57(64(56)65)55-25-12-16-31-63(55)67(50-37-39-54-52-23-11-15-30-61(52)66(62(54)43-50)41-40-48-22-9-13-28-59(48)66)49-36-38-51(58(42-49)46-20-7-4-8-21-46)47-34-32-45(33-35-47)44-18-5-3-6-19-44/h3-39,42-43H,40-41H2,1-2H3. The highest BCUT2D eigenvalue weighted by molar-refractivity contribution is 5.97. The molecule has 3 aliphatic carbocycles. The average molecular weight is 856 g/mol. The lowest BCUT2D eigenvalue weighted by Crippen LogP contribution is -2.24. The Balaban J connectivity index is 1.05. The zero-order valence-electron chi connectivity index (χ0n) is 37.9. The van der Waals surface area contributed by atoms with E-state index < -0.39 is 0 Å². The third-order valence-electron chi connectivity index (χ3n) is 15.3. The number of rotatable bonds is 7. The van der Waals surface area contributed by atoms with Gasteiger partial charge in [-0.15, -0.1) is 0 Å². The van der Waals surface area contributed by atoms with Gasteiger partial charge in [-0.25, -0.2) is 0 Å². The van der Waals surface area contributed by atoms with E-state index in [2.05, 4.69) is 255 Å². The molecular weight excluding hydrogens is 807 g/mol. The molecule has 10 aromatic carbocycles. The molecule has 0 amide bonds. The first-order valence-corrected chi connectivity index (χ1v) is 23.8. The van der Waals surface area contributed by atoms with Crippen molar-refractivity contribution in [3.63, 3.8) is 0 Å². The lowest BCUT2D eigenvalue weighted by atomic mass is 9.73. The van der Waals surface area contributed by atoms with Gasteiger partial charge in [-0.3, -0.25) is 0 Å². The summed E-state index contributed by atoms with van der Waals surface area (Å²) in [7, 11) is 0. The van der Waals surface area contributed by atoms with Crippen molar-refractivity contribution in [3.05, 3.63) is 270 Å². The van der Waals surface area contributed by atoms with E-state index in [0.29, 0.717) is 0 Å². The Hall–Kier alpha value is -8.00. The molecular formula is C66H49N. The maximum Gasteiger partial charge on any atom is 0.0540 e. The minimum Gasteiger partial charge on any atom is -0.310 e. The second-order valence-corrected chi connectivity index (χ2v) is 19.1. The van der Waals surface area contributed by atoms with Crippen molar-refractivity contribution < 1.29 is 0 Å². The average Bonchev–Trinajstić information content (AvgIpc) is 4.00. The molecule has 0 aliphatic heterocycles. The monoisotopic (exact) mass is 855 g/mol. The molecule has 67 heavy (non-hydrogen) atoms. The fraction of sp³-hybridized carbons (Fsp3) is 0.0909. The summed E-state index contributed by atoms with van der Waals surface area (Å²) in [6, 6.07) is 88.5. The number of aryl methyl sites for hydroxylation is 1. The van der Waals surface area contributed by atoms with Gasteiger partial charge in [-0.1, -0.05) is 220 Å². The van der Waals surface area contributed by atoms with E-state index in [-0.39, 0.29) is 10.8 Å². The molecule has 0 saturated heterocycles. The smallest absolute Gasteiger partial charge is 0.0540 e. The van der Waals surface area contributed by atoms with Gasteiger partial charge in [0.05, 0.1) is 5.69 Å². The maximum absolute atomic E-state index is 2.55. The Morgan fingerprint density at radius 1 is 0.328 bits per heavy atom. The first-order chi connectivity index (χ1) is 33.0. The van der Waals surface area contributed by atoms with E-state index in [1.165, 1.54) is 100 Å². The summed E-state index contributed by atoms with van der Waals surface area (Å²) in [5.41, 5.74) is 26.5. The molecule has 0 N–H and O–H groups in total. The molecule has 0 heterocycles. The Bertz CT molecular complexity index is 3540. The normalized spacial score (nSPS) is 15.7. The van der Waals surface area contributed by atoms with Crippen LogP contribution in [0, 0.1) is 0 Å². The topological polar surface area (TPSA) is 3.24 Å². The Labute approximate surface area is 394 Å². The number of fused-ring (bicyclic) bond motifs is 10. The molecule has 1 unspecified atom stereocenters. The number of hydrogen-bond acceptors (Lipinski definition) is 1. The Kier molecular flexibility index (Phi) is 8.99. The number of hydrogen-bond donors (Lipinski definition) is 0. The lowest BCUT2D eigenvalue weighted by Gasteiger charge is -2.33. The minimum absolute atomic E-state index is 0.180. The van der Waals surface area contributed by atoms with Gasteiger partial charge in [0.2, 0.25) is 0 Å². The van der Waals surface area contributed by atoms with Crippen molar-refractivity contribution in [3.8, 4) is 66.8 Å². The summed E-state index contributed by atoms with van der Waals surface area (Å²) in [5.74, 6) is 0. The van der Waals surface area contributed by atoms with Gasteiger partial charge in [0.25, 0.3) is 0 Å². The Morgan fingerprint density at radius 3 is 1.57 bits per heavy atom. The van der Waals surface area contributed by atoms with Gasteiger partial charge in [-0.05, 0) is 138 Å². The van der Waals surface area contributed by atoms with Crippen LogP contribution in [-0.4, -0.2) is 0 Å². The van der Waals surface area contributed by atoms with Crippen LogP contribution in [0.5, 0.6) is 0 Å². The fourth-order valence-electron chi connectivity index (χ4n) is 12.3. The van der Waals surface area contributed by atoms with Crippen LogP contribution in [0.1, 0.15) is 53.6 Å². The van der Waals surface area contributed by atoms with E-state index >= 15 is 0 Å². The van der Waals surface area contributed by atoms with Crippen molar-refractivity contribution in [2.24, 2.45) is 0 Å². The maximum atomic E-state index is 2.55. The second-order valence-electron chi connectivity index (χ2n) is 19.1. The Morgan fingerprint density at radius 2 is 0.821 bits per heavy atom. The highest BCUT2D eigenvalue weighted by atomic mass is 15.1. The molecule has 0 aromatic heterocycles. The second kappa shape index (κ2) is 15.3. The summed E-state index contributed by atoms with van der Waals surface area (Å²) in [6.07, 6.45) is 2.12. The van der Waals surface area contributed by atoms with Gasteiger partial charge in [0.1, 0.15) is 0 Å². The first kappa shape index (κ1) is 39.4. The van der Waals surface area contributed by atoms with Gasteiger partial charge < -0.3 is 4.90 Å². The summed E-state index contributed by atoms with van der Waals surface area (Å²) in [6.45, 7) is 4.80.